The van der Waals surface area contributed by atoms with Crippen LogP contribution in [0.2, 0.25) is 0 Å². The van der Waals surface area contributed by atoms with Crippen LogP contribution in [0.4, 0.5) is 0 Å². The van der Waals surface area contributed by atoms with E-state index in [0.717, 1.165) is 0 Å². The van der Waals surface area contributed by atoms with Crippen molar-refractivity contribution in [3.63, 3.8) is 0 Å². The third-order valence-corrected chi connectivity index (χ3v) is 2.63. The maximum absolute atomic E-state index is 11.6. The van der Waals surface area contributed by atoms with E-state index in [1.54, 1.807) is 6.92 Å². The number of carbonyl (C=O) groups is 1. The Kier molecular flexibility index (Phi) is 3.70. The monoisotopic (exact) mass is 241 g/mol. The normalized spacial score (nSPS) is 21.4. The van der Waals surface area contributed by atoms with E-state index in [0.29, 0.717) is 38.0 Å². The highest BCUT2D eigenvalue weighted by Crippen LogP contribution is 2.11. The lowest BCUT2D eigenvalue weighted by Crippen LogP contribution is -2.49. The van der Waals surface area contributed by atoms with E-state index in [1.165, 1.54) is 7.11 Å². The molecule has 2 heterocycles. The van der Waals surface area contributed by atoms with Crippen molar-refractivity contribution in [3.05, 3.63) is 11.7 Å². The van der Waals surface area contributed by atoms with Crippen molar-refractivity contribution in [2.75, 3.05) is 26.9 Å². The van der Waals surface area contributed by atoms with E-state index < -0.39 is 6.04 Å². The van der Waals surface area contributed by atoms with Crippen molar-refractivity contribution in [2.24, 2.45) is 0 Å². The molecule has 1 aromatic rings. The van der Waals surface area contributed by atoms with Crippen molar-refractivity contribution in [1.29, 1.82) is 0 Å². The van der Waals surface area contributed by atoms with Gasteiger partial charge < -0.3 is 14.0 Å². The molecular weight excluding hydrogens is 226 g/mol. The average Bonchev–Trinajstić information content (AvgIpc) is 2.74. The lowest BCUT2D eigenvalue weighted by atomic mass is 10.2. The molecule has 0 aromatic carbocycles. The van der Waals surface area contributed by atoms with E-state index >= 15 is 0 Å². The lowest BCUT2D eigenvalue weighted by Gasteiger charge is -2.32. The van der Waals surface area contributed by atoms with Gasteiger partial charge in [-0.1, -0.05) is 5.16 Å². The Morgan fingerprint density at radius 1 is 1.65 bits per heavy atom. The van der Waals surface area contributed by atoms with Crippen molar-refractivity contribution in [3.8, 4) is 0 Å². The van der Waals surface area contributed by atoms with Gasteiger partial charge in [0.25, 0.3) is 0 Å². The topological polar surface area (TPSA) is 77.7 Å². The molecule has 1 aliphatic heterocycles. The zero-order valence-electron chi connectivity index (χ0n) is 9.88. The summed E-state index contributed by atoms with van der Waals surface area (Å²) in [4.78, 5) is 17.6. The van der Waals surface area contributed by atoms with Crippen molar-refractivity contribution in [1.82, 2.24) is 15.0 Å². The predicted octanol–water partition coefficient (Wildman–Crippen LogP) is -0.248. The Bertz CT molecular complexity index is 393. The Hall–Kier alpha value is -1.47. The van der Waals surface area contributed by atoms with Gasteiger partial charge in [-0.2, -0.15) is 4.98 Å². The highest BCUT2D eigenvalue weighted by Gasteiger charge is 2.31. The molecule has 2 rings (SSSR count). The van der Waals surface area contributed by atoms with Gasteiger partial charge in [-0.3, -0.25) is 9.69 Å². The number of aromatic nitrogens is 2. The SMILES string of the molecule is COC(=O)C1COCCN1Cc1noc(C)n1. The molecule has 0 spiro atoms. The summed E-state index contributed by atoms with van der Waals surface area (Å²) in [7, 11) is 1.37. The van der Waals surface area contributed by atoms with Gasteiger partial charge in [0.2, 0.25) is 5.89 Å². The molecule has 1 aromatic heterocycles. The smallest absolute Gasteiger partial charge is 0.325 e. The van der Waals surface area contributed by atoms with Gasteiger partial charge in [0.05, 0.1) is 26.9 Å². The minimum atomic E-state index is -0.396. The number of ether oxygens (including phenoxy) is 2. The third kappa shape index (κ3) is 2.80. The highest BCUT2D eigenvalue weighted by atomic mass is 16.5. The molecule has 0 bridgehead atoms. The van der Waals surface area contributed by atoms with Gasteiger partial charge in [0, 0.05) is 13.5 Å². The molecule has 7 nitrogen and oxygen atoms in total. The molecule has 0 N–H and O–H groups in total. The number of hydrogen-bond acceptors (Lipinski definition) is 7. The molecule has 7 heteroatoms. The molecule has 94 valence electrons. The van der Waals surface area contributed by atoms with Crippen LogP contribution in [-0.2, 0) is 20.8 Å². The van der Waals surface area contributed by atoms with Crippen LogP contribution >= 0.6 is 0 Å². The quantitative estimate of drug-likeness (QED) is 0.675. The summed E-state index contributed by atoms with van der Waals surface area (Å²) < 4.78 is 14.9. The molecule has 1 atom stereocenters. The molecule has 0 aliphatic carbocycles. The van der Waals surface area contributed by atoms with Gasteiger partial charge in [0.1, 0.15) is 6.04 Å². The molecule has 1 aliphatic rings. The van der Waals surface area contributed by atoms with E-state index in [1.807, 2.05) is 4.90 Å². The number of hydrogen-bond donors (Lipinski definition) is 0. The molecule has 17 heavy (non-hydrogen) atoms. The zero-order chi connectivity index (χ0) is 12.3. The summed E-state index contributed by atoms with van der Waals surface area (Å²) in [5, 5.41) is 3.81. The first-order valence-electron chi connectivity index (χ1n) is 5.39. The van der Waals surface area contributed by atoms with Gasteiger partial charge in [-0.15, -0.1) is 0 Å². The molecule has 0 amide bonds. The Morgan fingerprint density at radius 3 is 3.12 bits per heavy atom. The van der Waals surface area contributed by atoms with E-state index in [9.17, 15) is 4.79 Å². The fraction of sp³-hybridized carbons (Fsp3) is 0.700. The summed E-state index contributed by atoms with van der Waals surface area (Å²) >= 11 is 0. The van der Waals surface area contributed by atoms with Crippen LogP contribution in [0, 0.1) is 6.92 Å². The Balaban J connectivity index is 2.03. The number of aryl methyl sites for hydroxylation is 1. The molecule has 1 unspecified atom stereocenters. The number of methoxy groups -OCH3 is 1. The van der Waals surface area contributed by atoms with Crippen LogP contribution in [-0.4, -0.2) is 53.9 Å². The van der Waals surface area contributed by atoms with E-state index in [-0.39, 0.29) is 5.97 Å². The number of esters is 1. The predicted molar refractivity (Wildman–Crippen MR) is 56.1 cm³/mol. The Morgan fingerprint density at radius 2 is 2.47 bits per heavy atom. The summed E-state index contributed by atoms with van der Waals surface area (Å²) in [6.07, 6.45) is 0. The Labute approximate surface area is 98.7 Å². The lowest BCUT2D eigenvalue weighted by molar-refractivity contribution is -0.153. The average molecular weight is 241 g/mol. The highest BCUT2D eigenvalue weighted by molar-refractivity contribution is 5.75. The van der Waals surface area contributed by atoms with E-state index in [4.69, 9.17) is 14.0 Å². The van der Waals surface area contributed by atoms with E-state index in [2.05, 4.69) is 10.1 Å². The zero-order valence-corrected chi connectivity index (χ0v) is 9.88. The number of nitrogens with zero attached hydrogens (tertiary/aromatic N) is 3. The fourth-order valence-electron chi connectivity index (χ4n) is 1.77. The van der Waals surface area contributed by atoms with Crippen LogP contribution in [0.5, 0.6) is 0 Å². The first-order chi connectivity index (χ1) is 8.20. The molecule has 1 saturated heterocycles. The largest absolute Gasteiger partial charge is 0.468 e. The maximum atomic E-state index is 11.6. The van der Waals surface area contributed by atoms with Gasteiger partial charge in [-0.05, 0) is 0 Å². The number of morpholine rings is 1. The molecule has 0 saturated carbocycles. The van der Waals surface area contributed by atoms with Crippen molar-refractivity contribution in [2.45, 2.75) is 19.5 Å². The second kappa shape index (κ2) is 5.24. The van der Waals surface area contributed by atoms with Crippen LogP contribution in [0.1, 0.15) is 11.7 Å². The second-order valence-corrected chi connectivity index (χ2v) is 3.81. The molecule has 1 fully saturated rings. The summed E-state index contributed by atoms with van der Waals surface area (Å²) in [6, 6.07) is -0.396. The summed E-state index contributed by atoms with van der Waals surface area (Å²) in [5.41, 5.74) is 0. The van der Waals surface area contributed by atoms with Crippen LogP contribution in [0.3, 0.4) is 0 Å². The van der Waals surface area contributed by atoms with Crippen molar-refractivity contribution >= 4 is 5.97 Å². The standard InChI is InChI=1S/C10H15N3O4/c1-7-11-9(12-17-7)5-13-3-4-16-6-8(13)10(14)15-2/h8H,3-6H2,1-2H3. The van der Waals surface area contributed by atoms with Gasteiger partial charge >= 0.3 is 5.97 Å². The van der Waals surface area contributed by atoms with Gasteiger partial charge in [0.15, 0.2) is 5.82 Å². The van der Waals surface area contributed by atoms with Crippen molar-refractivity contribution < 1.29 is 18.8 Å². The first-order valence-corrected chi connectivity index (χ1v) is 5.39. The summed E-state index contributed by atoms with van der Waals surface area (Å²) in [5.74, 6) is 0.783. The van der Waals surface area contributed by atoms with Gasteiger partial charge in [-0.25, -0.2) is 0 Å². The first kappa shape index (κ1) is 12.0. The second-order valence-electron chi connectivity index (χ2n) is 3.81. The fourth-order valence-corrected chi connectivity index (χ4v) is 1.77. The van der Waals surface area contributed by atoms with Crippen LogP contribution in [0.15, 0.2) is 4.52 Å². The van der Waals surface area contributed by atoms with Crippen LogP contribution < -0.4 is 0 Å². The third-order valence-electron chi connectivity index (χ3n) is 2.63. The molecular formula is C10H15N3O4. The molecule has 0 radical (unpaired) electrons. The maximum Gasteiger partial charge on any atom is 0.325 e. The summed E-state index contributed by atoms with van der Waals surface area (Å²) in [6.45, 7) is 3.76. The van der Waals surface area contributed by atoms with Crippen LogP contribution in [0.25, 0.3) is 0 Å². The minimum absolute atomic E-state index is 0.301. The number of carbonyl (C=O) groups excluding carboxylic acids is 1. The minimum Gasteiger partial charge on any atom is -0.468 e. The number of rotatable bonds is 3.